The zero-order valence-corrected chi connectivity index (χ0v) is 16.0. The molecule has 1 amide bonds. The fourth-order valence-corrected chi connectivity index (χ4v) is 4.15. The fourth-order valence-electron chi connectivity index (χ4n) is 3.45. The number of hydrogen-bond acceptors (Lipinski definition) is 2. The van der Waals surface area contributed by atoms with Crippen LogP contribution < -0.4 is 0 Å². The highest BCUT2D eigenvalue weighted by Gasteiger charge is 2.68. The second kappa shape index (κ2) is 6.88. The number of rotatable bonds is 4. The summed E-state index contributed by atoms with van der Waals surface area (Å²) in [6, 6.07) is 5.68. The first kappa shape index (κ1) is 19.8. The average Bonchev–Trinajstić information content (AvgIpc) is 3.11. The smallest absolute Gasteiger partial charge is 0.340 e. The summed E-state index contributed by atoms with van der Waals surface area (Å²) in [5.74, 6) is -0.0374. The average molecular weight is 409 g/mol. The van der Waals surface area contributed by atoms with E-state index >= 15 is 0 Å². The van der Waals surface area contributed by atoms with Gasteiger partial charge in [-0.15, -0.1) is 23.2 Å². The minimum Gasteiger partial charge on any atom is -0.340 e. The Labute approximate surface area is 161 Å². The van der Waals surface area contributed by atoms with Crippen molar-refractivity contribution in [1.82, 2.24) is 9.80 Å². The van der Waals surface area contributed by atoms with Crippen molar-refractivity contribution in [2.45, 2.75) is 30.3 Å². The lowest BCUT2D eigenvalue weighted by Gasteiger charge is -2.36. The van der Waals surface area contributed by atoms with E-state index in [1.807, 2.05) is 0 Å². The molecular weight excluding hydrogens is 388 g/mol. The molecule has 1 aromatic rings. The quantitative estimate of drug-likeness (QED) is 0.703. The molecule has 2 aliphatic rings. The molecule has 144 valence electrons. The van der Waals surface area contributed by atoms with Gasteiger partial charge in [-0.2, -0.15) is 13.2 Å². The SMILES string of the molecule is CC1(C(=O)N2CCN(CCc3ccccc3C(F)(F)F)CC2)CC1(Cl)Cl. The van der Waals surface area contributed by atoms with Crippen LogP contribution in [0.3, 0.4) is 0 Å². The molecule has 0 spiro atoms. The van der Waals surface area contributed by atoms with Crippen LogP contribution in [-0.2, 0) is 17.4 Å². The first-order valence-electron chi connectivity index (χ1n) is 8.59. The maximum atomic E-state index is 13.1. The predicted molar refractivity (Wildman–Crippen MR) is 95.3 cm³/mol. The van der Waals surface area contributed by atoms with Crippen LogP contribution >= 0.6 is 23.2 Å². The molecule has 1 aromatic carbocycles. The Bertz CT molecular complexity index is 687. The summed E-state index contributed by atoms with van der Waals surface area (Å²) in [4.78, 5) is 16.4. The molecule has 1 unspecified atom stereocenters. The van der Waals surface area contributed by atoms with Gasteiger partial charge in [0.2, 0.25) is 5.91 Å². The van der Waals surface area contributed by atoms with Crippen molar-refractivity contribution in [3.05, 3.63) is 35.4 Å². The molecule has 26 heavy (non-hydrogen) atoms. The second-order valence-electron chi connectivity index (χ2n) is 7.25. The fraction of sp³-hybridized carbons (Fsp3) is 0.611. The summed E-state index contributed by atoms with van der Waals surface area (Å²) in [6.45, 7) is 4.65. The summed E-state index contributed by atoms with van der Waals surface area (Å²) in [5.41, 5.74) is -0.988. The number of piperazine rings is 1. The largest absolute Gasteiger partial charge is 0.416 e. The lowest BCUT2D eigenvalue weighted by Crippen LogP contribution is -2.51. The first-order chi connectivity index (χ1) is 12.0. The van der Waals surface area contributed by atoms with Crippen LogP contribution in [0.5, 0.6) is 0 Å². The van der Waals surface area contributed by atoms with E-state index in [1.165, 1.54) is 12.1 Å². The van der Waals surface area contributed by atoms with Crippen molar-refractivity contribution in [2.75, 3.05) is 32.7 Å². The van der Waals surface area contributed by atoms with Gasteiger partial charge in [-0.1, -0.05) is 18.2 Å². The van der Waals surface area contributed by atoms with E-state index < -0.39 is 21.5 Å². The lowest BCUT2D eigenvalue weighted by atomic mass is 10.0. The van der Waals surface area contributed by atoms with E-state index in [9.17, 15) is 18.0 Å². The topological polar surface area (TPSA) is 23.6 Å². The van der Waals surface area contributed by atoms with Crippen molar-refractivity contribution in [1.29, 1.82) is 0 Å². The van der Waals surface area contributed by atoms with Crippen LogP contribution in [-0.4, -0.2) is 52.8 Å². The third-order valence-corrected chi connectivity index (χ3v) is 6.51. The highest BCUT2D eigenvalue weighted by Crippen LogP contribution is 2.64. The molecule has 0 aromatic heterocycles. The van der Waals surface area contributed by atoms with Crippen molar-refractivity contribution in [3.8, 4) is 0 Å². The second-order valence-corrected chi connectivity index (χ2v) is 8.74. The van der Waals surface area contributed by atoms with Gasteiger partial charge < -0.3 is 4.90 Å². The Morgan fingerprint density at radius 1 is 1.15 bits per heavy atom. The van der Waals surface area contributed by atoms with E-state index in [4.69, 9.17) is 23.2 Å². The molecule has 3 nitrogen and oxygen atoms in total. The molecule has 0 bridgehead atoms. The van der Waals surface area contributed by atoms with Crippen LogP contribution in [0.25, 0.3) is 0 Å². The third kappa shape index (κ3) is 3.82. The van der Waals surface area contributed by atoms with Gasteiger partial charge in [-0.25, -0.2) is 0 Å². The standard InChI is InChI=1S/C18H21Cl2F3N2O/c1-16(12-17(16,19)20)15(26)25-10-8-24(9-11-25)7-6-13-4-2-3-5-14(13)18(21,22)23/h2-5H,6-12H2,1H3. The molecule has 1 heterocycles. The van der Waals surface area contributed by atoms with Gasteiger partial charge in [0, 0.05) is 32.7 Å². The Hall–Kier alpha value is -0.980. The molecule has 3 rings (SSSR count). The number of carbonyl (C=O) groups excluding carboxylic acids is 1. The van der Waals surface area contributed by atoms with Crippen molar-refractivity contribution >= 4 is 29.1 Å². The number of benzene rings is 1. The highest BCUT2D eigenvalue weighted by molar-refractivity contribution is 6.53. The van der Waals surface area contributed by atoms with Crippen LogP contribution in [0.15, 0.2) is 24.3 Å². The van der Waals surface area contributed by atoms with Crippen LogP contribution in [0.4, 0.5) is 13.2 Å². The van der Waals surface area contributed by atoms with Gasteiger partial charge in [0.25, 0.3) is 0 Å². The number of amides is 1. The molecular formula is C18H21Cl2F3N2O. The number of nitrogens with zero attached hydrogens (tertiary/aromatic N) is 2. The number of halogens is 5. The van der Waals surface area contributed by atoms with Crippen LogP contribution in [0.1, 0.15) is 24.5 Å². The van der Waals surface area contributed by atoms with Gasteiger partial charge in [0.05, 0.1) is 11.0 Å². The van der Waals surface area contributed by atoms with Gasteiger partial charge in [0.15, 0.2) is 0 Å². The summed E-state index contributed by atoms with van der Waals surface area (Å²) < 4.78 is 38.2. The molecule has 1 aliphatic heterocycles. The summed E-state index contributed by atoms with van der Waals surface area (Å²) in [5, 5.41) is 0. The molecule has 1 saturated carbocycles. The molecule has 0 radical (unpaired) electrons. The highest BCUT2D eigenvalue weighted by atomic mass is 35.5. The zero-order valence-electron chi connectivity index (χ0n) is 14.5. The Kier molecular flexibility index (Phi) is 5.23. The molecule has 1 atom stereocenters. The number of alkyl halides is 5. The van der Waals surface area contributed by atoms with Crippen LogP contribution in [0.2, 0.25) is 0 Å². The van der Waals surface area contributed by atoms with E-state index in [1.54, 1.807) is 17.9 Å². The molecule has 2 fully saturated rings. The normalized spacial score (nSPS) is 26.0. The van der Waals surface area contributed by atoms with Crippen LogP contribution in [0, 0.1) is 5.41 Å². The summed E-state index contributed by atoms with van der Waals surface area (Å²) in [7, 11) is 0. The summed E-state index contributed by atoms with van der Waals surface area (Å²) in [6.07, 6.45) is -3.55. The molecule has 1 saturated heterocycles. The van der Waals surface area contributed by atoms with E-state index in [0.29, 0.717) is 51.1 Å². The summed E-state index contributed by atoms with van der Waals surface area (Å²) >= 11 is 12.2. The maximum Gasteiger partial charge on any atom is 0.416 e. The first-order valence-corrected chi connectivity index (χ1v) is 9.35. The van der Waals surface area contributed by atoms with E-state index in [0.717, 1.165) is 6.07 Å². The predicted octanol–water partition coefficient (Wildman–Crippen LogP) is 3.98. The van der Waals surface area contributed by atoms with Gasteiger partial charge in [-0.05, 0) is 31.4 Å². The van der Waals surface area contributed by atoms with E-state index in [-0.39, 0.29) is 5.91 Å². The number of hydrogen-bond donors (Lipinski definition) is 0. The van der Waals surface area contributed by atoms with Gasteiger partial charge in [-0.3, -0.25) is 9.69 Å². The molecule has 1 aliphatic carbocycles. The van der Waals surface area contributed by atoms with Gasteiger partial charge in [0.1, 0.15) is 4.33 Å². The minimum atomic E-state index is -4.34. The monoisotopic (exact) mass is 408 g/mol. The molecule has 8 heteroatoms. The Morgan fingerprint density at radius 2 is 1.73 bits per heavy atom. The Balaban J connectivity index is 1.52. The van der Waals surface area contributed by atoms with Crippen molar-refractivity contribution in [2.24, 2.45) is 5.41 Å². The Morgan fingerprint density at radius 3 is 2.27 bits per heavy atom. The minimum absolute atomic E-state index is 0.0374. The molecule has 0 N–H and O–H groups in total. The van der Waals surface area contributed by atoms with Crippen molar-refractivity contribution < 1.29 is 18.0 Å². The third-order valence-electron chi connectivity index (χ3n) is 5.41. The maximum absolute atomic E-state index is 13.1. The lowest BCUT2D eigenvalue weighted by molar-refractivity contribution is -0.139. The zero-order chi connectivity index (χ0) is 19.2. The van der Waals surface area contributed by atoms with E-state index in [2.05, 4.69) is 4.90 Å². The van der Waals surface area contributed by atoms with Gasteiger partial charge >= 0.3 is 6.18 Å². The van der Waals surface area contributed by atoms with Crippen molar-refractivity contribution in [3.63, 3.8) is 0 Å². The number of carbonyl (C=O) groups is 1.